The van der Waals surface area contributed by atoms with E-state index < -0.39 is 0 Å². The Balaban J connectivity index is 0.00000121. The van der Waals surface area contributed by atoms with Gasteiger partial charge in [-0.1, -0.05) is 18.2 Å². The molecule has 2 fully saturated rings. The van der Waals surface area contributed by atoms with E-state index in [0.717, 1.165) is 6.61 Å². The number of piperidine rings is 1. The molecule has 2 aromatic rings. The average Bonchev–Trinajstić information content (AvgIpc) is 3.00. The van der Waals surface area contributed by atoms with Crippen molar-refractivity contribution in [1.29, 1.82) is 0 Å². The molecule has 2 bridgehead atoms. The van der Waals surface area contributed by atoms with Gasteiger partial charge in [-0.05, 0) is 48.1 Å². The molecule has 2 aliphatic rings. The fourth-order valence-corrected chi connectivity index (χ4v) is 4.44. The predicted octanol–water partition coefficient (Wildman–Crippen LogP) is 4.12. The molecule has 1 aromatic heterocycles. The van der Waals surface area contributed by atoms with Gasteiger partial charge >= 0.3 is 0 Å². The number of rotatable bonds is 3. The molecule has 0 amide bonds. The van der Waals surface area contributed by atoms with E-state index in [9.17, 15) is 0 Å². The van der Waals surface area contributed by atoms with Crippen molar-refractivity contribution in [3.05, 3.63) is 35.2 Å². The van der Waals surface area contributed by atoms with E-state index in [2.05, 4.69) is 35.0 Å². The summed E-state index contributed by atoms with van der Waals surface area (Å²) in [5.41, 5.74) is 1.35. The summed E-state index contributed by atoms with van der Waals surface area (Å²) in [6.07, 6.45) is 5.52. The molecule has 2 atom stereocenters. The van der Waals surface area contributed by atoms with Crippen LogP contribution >= 0.6 is 23.7 Å². The van der Waals surface area contributed by atoms with Gasteiger partial charge in [-0.25, -0.2) is 0 Å². The van der Waals surface area contributed by atoms with Crippen molar-refractivity contribution < 1.29 is 4.74 Å². The molecule has 3 heterocycles. The van der Waals surface area contributed by atoms with Crippen molar-refractivity contribution in [3.63, 3.8) is 0 Å². The van der Waals surface area contributed by atoms with Crippen LogP contribution in [0, 0.1) is 0 Å². The second kappa shape index (κ2) is 6.02. The molecule has 20 heavy (non-hydrogen) atoms. The molecule has 2 unspecified atom stereocenters. The number of halogens is 1. The van der Waals surface area contributed by atoms with Crippen LogP contribution < -0.4 is 5.32 Å². The van der Waals surface area contributed by atoms with Crippen LogP contribution in [0.4, 0.5) is 0 Å². The molecule has 0 radical (unpaired) electrons. The van der Waals surface area contributed by atoms with E-state index in [1.54, 1.807) is 0 Å². The molecule has 0 aliphatic carbocycles. The van der Waals surface area contributed by atoms with Crippen LogP contribution in [-0.2, 0) is 11.3 Å². The van der Waals surface area contributed by atoms with Gasteiger partial charge in [0.2, 0.25) is 0 Å². The smallest absolute Gasteiger partial charge is 0.0734 e. The Labute approximate surface area is 129 Å². The first-order chi connectivity index (χ1) is 9.38. The molecule has 4 rings (SSSR count). The summed E-state index contributed by atoms with van der Waals surface area (Å²) in [6, 6.07) is 10.0. The van der Waals surface area contributed by atoms with Crippen molar-refractivity contribution in [2.45, 2.75) is 50.5 Å². The molecule has 2 nitrogen and oxygen atoms in total. The van der Waals surface area contributed by atoms with Crippen LogP contribution in [0.3, 0.4) is 0 Å². The SMILES string of the molecule is Cl.c1ccc2c(COC3CC4CCC(C3)N4)csc2c1. The average molecular weight is 310 g/mol. The van der Waals surface area contributed by atoms with Crippen LogP contribution in [0.2, 0.25) is 0 Å². The third-order valence-corrected chi connectivity index (χ3v) is 5.48. The van der Waals surface area contributed by atoms with E-state index in [-0.39, 0.29) is 12.4 Å². The molecular weight excluding hydrogens is 290 g/mol. The zero-order chi connectivity index (χ0) is 12.7. The fourth-order valence-electron chi connectivity index (χ4n) is 3.49. The highest BCUT2D eigenvalue weighted by atomic mass is 35.5. The third-order valence-electron chi connectivity index (χ3n) is 4.47. The van der Waals surface area contributed by atoms with Gasteiger partial charge in [0.15, 0.2) is 0 Å². The minimum atomic E-state index is 0. The van der Waals surface area contributed by atoms with Gasteiger partial charge in [0.1, 0.15) is 0 Å². The van der Waals surface area contributed by atoms with E-state index in [1.165, 1.54) is 41.3 Å². The van der Waals surface area contributed by atoms with Gasteiger partial charge in [-0.3, -0.25) is 0 Å². The van der Waals surface area contributed by atoms with Crippen LogP contribution in [0.15, 0.2) is 29.6 Å². The lowest BCUT2D eigenvalue weighted by Crippen LogP contribution is -2.41. The zero-order valence-corrected chi connectivity index (χ0v) is 13.0. The normalized spacial score (nSPS) is 28.5. The first kappa shape index (κ1) is 14.3. The minimum Gasteiger partial charge on any atom is -0.373 e. The molecular formula is C16H20ClNOS. The zero-order valence-electron chi connectivity index (χ0n) is 11.4. The van der Waals surface area contributed by atoms with Crippen LogP contribution in [-0.4, -0.2) is 18.2 Å². The summed E-state index contributed by atoms with van der Waals surface area (Å²) in [5.74, 6) is 0. The van der Waals surface area contributed by atoms with Gasteiger partial charge in [0.05, 0.1) is 12.7 Å². The standard InChI is InChI=1S/C16H19NOS.ClH/c1-2-4-16-15(3-1)11(10-19-16)9-18-14-7-12-5-6-13(8-14)17-12;/h1-4,10,12-14,17H,5-9H2;1H. The molecule has 0 saturated carbocycles. The van der Waals surface area contributed by atoms with Crippen LogP contribution in [0.5, 0.6) is 0 Å². The number of hydrogen-bond acceptors (Lipinski definition) is 3. The van der Waals surface area contributed by atoms with Crippen LogP contribution in [0.25, 0.3) is 10.1 Å². The molecule has 2 aliphatic heterocycles. The van der Waals surface area contributed by atoms with Crippen molar-refractivity contribution in [2.75, 3.05) is 0 Å². The maximum atomic E-state index is 6.18. The van der Waals surface area contributed by atoms with Gasteiger partial charge in [0, 0.05) is 16.8 Å². The molecule has 2 saturated heterocycles. The Kier molecular flexibility index (Phi) is 4.32. The van der Waals surface area contributed by atoms with Crippen molar-refractivity contribution in [3.8, 4) is 0 Å². The van der Waals surface area contributed by atoms with E-state index >= 15 is 0 Å². The maximum absolute atomic E-state index is 6.18. The Bertz CT molecular complexity index is 573. The van der Waals surface area contributed by atoms with Crippen molar-refractivity contribution in [2.24, 2.45) is 0 Å². The Morgan fingerprint density at radius 3 is 2.70 bits per heavy atom. The molecule has 1 aromatic carbocycles. The molecule has 4 heteroatoms. The number of ether oxygens (including phenoxy) is 1. The maximum Gasteiger partial charge on any atom is 0.0734 e. The lowest BCUT2D eigenvalue weighted by molar-refractivity contribution is 0.00980. The van der Waals surface area contributed by atoms with Gasteiger partial charge in [-0.15, -0.1) is 23.7 Å². The highest BCUT2D eigenvalue weighted by Gasteiger charge is 2.33. The van der Waals surface area contributed by atoms with Crippen molar-refractivity contribution in [1.82, 2.24) is 5.32 Å². The summed E-state index contributed by atoms with van der Waals surface area (Å²) >= 11 is 1.82. The largest absolute Gasteiger partial charge is 0.373 e. The Hall–Kier alpha value is -0.610. The first-order valence-electron chi connectivity index (χ1n) is 7.21. The Morgan fingerprint density at radius 1 is 1.15 bits per heavy atom. The van der Waals surface area contributed by atoms with E-state index in [4.69, 9.17) is 4.74 Å². The number of nitrogens with one attached hydrogen (secondary N) is 1. The molecule has 108 valence electrons. The Morgan fingerprint density at radius 2 is 1.90 bits per heavy atom. The number of thiophene rings is 1. The highest BCUT2D eigenvalue weighted by Crippen LogP contribution is 2.31. The van der Waals surface area contributed by atoms with E-state index in [0.29, 0.717) is 18.2 Å². The first-order valence-corrected chi connectivity index (χ1v) is 8.09. The summed E-state index contributed by atoms with van der Waals surface area (Å²) in [6.45, 7) is 0.772. The molecule has 1 N–H and O–H groups in total. The monoisotopic (exact) mass is 309 g/mol. The summed E-state index contributed by atoms with van der Waals surface area (Å²) in [4.78, 5) is 0. The quantitative estimate of drug-likeness (QED) is 0.920. The van der Waals surface area contributed by atoms with Gasteiger partial charge < -0.3 is 10.1 Å². The van der Waals surface area contributed by atoms with Gasteiger partial charge in [-0.2, -0.15) is 0 Å². The van der Waals surface area contributed by atoms with Crippen molar-refractivity contribution >= 4 is 33.8 Å². The summed E-state index contributed by atoms with van der Waals surface area (Å²) in [7, 11) is 0. The topological polar surface area (TPSA) is 21.3 Å². The van der Waals surface area contributed by atoms with Gasteiger partial charge in [0.25, 0.3) is 0 Å². The number of benzene rings is 1. The lowest BCUT2D eigenvalue weighted by atomic mass is 10.0. The second-order valence-corrected chi connectivity index (χ2v) is 6.71. The number of hydrogen-bond donors (Lipinski definition) is 1. The minimum absolute atomic E-state index is 0. The fraction of sp³-hybridized carbons (Fsp3) is 0.500. The van der Waals surface area contributed by atoms with E-state index in [1.807, 2.05) is 11.3 Å². The number of fused-ring (bicyclic) bond motifs is 3. The lowest BCUT2D eigenvalue weighted by Gasteiger charge is -2.29. The highest BCUT2D eigenvalue weighted by molar-refractivity contribution is 7.17. The van der Waals surface area contributed by atoms with Crippen LogP contribution in [0.1, 0.15) is 31.2 Å². The second-order valence-electron chi connectivity index (χ2n) is 5.80. The summed E-state index contributed by atoms with van der Waals surface area (Å²) < 4.78 is 7.55. The summed E-state index contributed by atoms with van der Waals surface area (Å²) in [5, 5.41) is 7.28. The predicted molar refractivity (Wildman–Crippen MR) is 86.8 cm³/mol. The third kappa shape index (κ3) is 2.73. The molecule has 0 spiro atoms.